The lowest BCUT2D eigenvalue weighted by atomic mass is 10.1. The zero-order chi connectivity index (χ0) is 22.8. The Morgan fingerprint density at radius 3 is 2.41 bits per heavy atom. The Kier molecular flexibility index (Phi) is 5.81. The first-order valence-electron chi connectivity index (χ1n) is 9.65. The van der Waals surface area contributed by atoms with Crippen LogP contribution in [0.4, 0.5) is 23.2 Å². The third-order valence-corrected chi connectivity index (χ3v) is 5.22. The first-order chi connectivity index (χ1) is 15.4. The fourth-order valence-electron chi connectivity index (χ4n) is 3.75. The average Bonchev–Trinajstić information content (AvgIpc) is 2.77. The van der Waals surface area contributed by atoms with Crippen molar-refractivity contribution in [1.82, 2.24) is 9.88 Å². The molecule has 1 saturated heterocycles. The highest BCUT2D eigenvalue weighted by atomic mass is 19.3. The molecule has 0 aliphatic carbocycles. The van der Waals surface area contributed by atoms with Crippen molar-refractivity contribution in [3.05, 3.63) is 65.4 Å². The molecule has 0 spiro atoms. The number of benzene rings is 2. The number of fused-ring (bicyclic) bond motifs is 1. The lowest BCUT2D eigenvalue weighted by molar-refractivity contribution is -0.0497. The summed E-state index contributed by atoms with van der Waals surface area (Å²) in [6, 6.07) is 9.53. The van der Waals surface area contributed by atoms with Crippen LogP contribution >= 0.6 is 0 Å². The van der Waals surface area contributed by atoms with Crippen LogP contribution in [0.1, 0.15) is 15.9 Å². The summed E-state index contributed by atoms with van der Waals surface area (Å²) in [5, 5.41) is 10.0. The van der Waals surface area contributed by atoms with Crippen molar-refractivity contribution < 1.29 is 27.1 Å². The molecule has 10 heteroatoms. The molecular formula is C22H16F4N4O2. The van der Waals surface area contributed by atoms with Gasteiger partial charge in [-0.2, -0.15) is 14.0 Å². The molecule has 2 heterocycles. The van der Waals surface area contributed by atoms with E-state index < -0.39 is 29.7 Å². The number of amides is 1. The summed E-state index contributed by atoms with van der Waals surface area (Å²) in [4.78, 5) is 20.0. The summed E-state index contributed by atoms with van der Waals surface area (Å²) in [7, 11) is 0. The number of anilines is 1. The number of aromatic nitrogens is 1. The van der Waals surface area contributed by atoms with E-state index in [1.807, 2.05) is 11.0 Å². The Morgan fingerprint density at radius 1 is 1.09 bits per heavy atom. The zero-order valence-corrected chi connectivity index (χ0v) is 16.6. The van der Waals surface area contributed by atoms with E-state index in [2.05, 4.69) is 9.72 Å². The number of carbonyl (C=O) groups is 1. The summed E-state index contributed by atoms with van der Waals surface area (Å²) >= 11 is 0. The number of pyridine rings is 1. The molecule has 1 aliphatic heterocycles. The van der Waals surface area contributed by atoms with Gasteiger partial charge in [0.15, 0.2) is 0 Å². The van der Waals surface area contributed by atoms with E-state index >= 15 is 0 Å². The number of piperazine rings is 1. The Morgan fingerprint density at radius 2 is 1.78 bits per heavy atom. The number of hydrogen-bond acceptors (Lipinski definition) is 5. The minimum Gasteiger partial charge on any atom is -0.435 e. The second-order valence-corrected chi connectivity index (χ2v) is 7.07. The SMILES string of the molecule is N#Cc1cnc2ccc(OC(F)F)cc2c1N1CCN(C(=O)c2c(F)cccc2F)CC1. The third kappa shape index (κ3) is 4.01. The second-order valence-electron chi connectivity index (χ2n) is 7.07. The molecule has 4 rings (SSSR count). The van der Waals surface area contributed by atoms with Gasteiger partial charge in [0.25, 0.3) is 5.91 Å². The van der Waals surface area contributed by atoms with Crippen LogP contribution < -0.4 is 9.64 Å². The molecule has 1 amide bonds. The normalized spacial score (nSPS) is 14.0. The molecular weight excluding hydrogens is 428 g/mol. The highest BCUT2D eigenvalue weighted by Gasteiger charge is 2.28. The number of nitriles is 1. The molecule has 0 N–H and O–H groups in total. The van der Waals surface area contributed by atoms with Crippen molar-refractivity contribution in [3.63, 3.8) is 0 Å². The highest BCUT2D eigenvalue weighted by Crippen LogP contribution is 2.33. The van der Waals surface area contributed by atoms with Crippen molar-refractivity contribution in [3.8, 4) is 11.8 Å². The minimum atomic E-state index is -3.00. The minimum absolute atomic E-state index is 0.0746. The Balaban J connectivity index is 1.62. The maximum atomic E-state index is 14.0. The van der Waals surface area contributed by atoms with Gasteiger partial charge >= 0.3 is 6.61 Å². The number of rotatable bonds is 4. The summed E-state index contributed by atoms with van der Waals surface area (Å²) < 4.78 is 57.7. The van der Waals surface area contributed by atoms with Gasteiger partial charge in [0.2, 0.25) is 0 Å². The summed E-state index contributed by atoms with van der Waals surface area (Å²) in [6.07, 6.45) is 1.39. The molecule has 0 atom stereocenters. The number of nitrogens with zero attached hydrogens (tertiary/aromatic N) is 4. The van der Waals surface area contributed by atoms with E-state index in [4.69, 9.17) is 0 Å². The number of ether oxygens (including phenoxy) is 1. The van der Waals surface area contributed by atoms with Gasteiger partial charge in [0.1, 0.15) is 29.0 Å². The maximum absolute atomic E-state index is 14.0. The fourth-order valence-corrected chi connectivity index (χ4v) is 3.75. The lowest BCUT2D eigenvalue weighted by Gasteiger charge is -2.37. The van der Waals surface area contributed by atoms with E-state index in [1.165, 1.54) is 35.4 Å². The molecule has 6 nitrogen and oxygen atoms in total. The van der Waals surface area contributed by atoms with Gasteiger partial charge in [-0.1, -0.05) is 6.07 Å². The monoisotopic (exact) mass is 444 g/mol. The van der Waals surface area contributed by atoms with Gasteiger partial charge in [-0.25, -0.2) is 8.78 Å². The molecule has 0 bridgehead atoms. The van der Waals surface area contributed by atoms with Gasteiger partial charge < -0.3 is 14.5 Å². The molecule has 2 aromatic carbocycles. The van der Waals surface area contributed by atoms with Crippen LogP contribution in [-0.2, 0) is 0 Å². The summed E-state index contributed by atoms with van der Waals surface area (Å²) in [6.45, 7) is -2.19. The van der Waals surface area contributed by atoms with Crippen molar-refractivity contribution in [1.29, 1.82) is 5.26 Å². The van der Waals surface area contributed by atoms with E-state index in [1.54, 1.807) is 0 Å². The largest absolute Gasteiger partial charge is 0.435 e. The maximum Gasteiger partial charge on any atom is 0.387 e. The summed E-state index contributed by atoms with van der Waals surface area (Å²) in [5.74, 6) is -2.70. The molecule has 0 saturated carbocycles. The smallest absolute Gasteiger partial charge is 0.387 e. The van der Waals surface area contributed by atoms with Crippen molar-refractivity contribution in [2.24, 2.45) is 0 Å². The first kappa shape index (κ1) is 21.4. The van der Waals surface area contributed by atoms with E-state index in [9.17, 15) is 27.6 Å². The zero-order valence-electron chi connectivity index (χ0n) is 16.6. The average molecular weight is 444 g/mol. The van der Waals surface area contributed by atoms with Gasteiger partial charge in [-0.3, -0.25) is 9.78 Å². The van der Waals surface area contributed by atoms with Gasteiger partial charge in [-0.15, -0.1) is 0 Å². The number of carbonyl (C=O) groups excluding carboxylic acids is 1. The van der Waals surface area contributed by atoms with Crippen LogP contribution in [0.2, 0.25) is 0 Å². The number of halogens is 4. The van der Waals surface area contributed by atoms with Crippen LogP contribution in [0.25, 0.3) is 10.9 Å². The lowest BCUT2D eigenvalue weighted by Crippen LogP contribution is -2.49. The topological polar surface area (TPSA) is 69.5 Å². The van der Waals surface area contributed by atoms with E-state index in [0.717, 1.165) is 12.1 Å². The number of alkyl halides is 2. The van der Waals surface area contributed by atoms with Gasteiger partial charge in [0.05, 0.1) is 16.8 Å². The van der Waals surface area contributed by atoms with E-state index in [-0.39, 0.29) is 37.5 Å². The fraction of sp³-hybridized carbons (Fsp3) is 0.227. The van der Waals surface area contributed by atoms with Crippen LogP contribution in [-0.4, -0.2) is 48.6 Å². The predicted molar refractivity (Wildman–Crippen MR) is 108 cm³/mol. The quantitative estimate of drug-likeness (QED) is 0.570. The highest BCUT2D eigenvalue weighted by molar-refractivity contribution is 5.96. The van der Waals surface area contributed by atoms with Crippen LogP contribution in [0, 0.1) is 23.0 Å². The van der Waals surface area contributed by atoms with Crippen molar-refractivity contribution in [2.75, 3.05) is 31.1 Å². The molecule has 3 aromatic rings. The van der Waals surface area contributed by atoms with Crippen molar-refractivity contribution >= 4 is 22.5 Å². The van der Waals surface area contributed by atoms with Gasteiger partial charge in [-0.05, 0) is 30.3 Å². The van der Waals surface area contributed by atoms with Crippen LogP contribution in [0.3, 0.4) is 0 Å². The Bertz CT molecular complexity index is 1200. The third-order valence-electron chi connectivity index (χ3n) is 5.22. The standard InChI is InChI=1S/C22H16F4N4O2/c23-16-2-1-3-17(24)19(16)21(31)30-8-6-29(7-9-30)20-13(11-27)12-28-18-5-4-14(10-15(18)20)32-22(25)26/h1-5,10,12,22H,6-9H2. The second kappa shape index (κ2) is 8.70. The molecule has 32 heavy (non-hydrogen) atoms. The number of hydrogen-bond donors (Lipinski definition) is 0. The molecule has 0 unspecified atom stereocenters. The van der Waals surface area contributed by atoms with Gasteiger partial charge in [0, 0.05) is 37.8 Å². The molecule has 164 valence electrons. The van der Waals surface area contributed by atoms with E-state index in [0.29, 0.717) is 16.6 Å². The molecule has 1 aromatic heterocycles. The van der Waals surface area contributed by atoms with Crippen LogP contribution in [0.15, 0.2) is 42.6 Å². The Hall–Kier alpha value is -3.87. The molecule has 1 aliphatic rings. The molecule has 1 fully saturated rings. The first-order valence-corrected chi connectivity index (χ1v) is 9.65. The molecule has 0 radical (unpaired) electrons. The summed E-state index contributed by atoms with van der Waals surface area (Å²) in [5.41, 5.74) is 0.572. The predicted octanol–water partition coefficient (Wildman–Crippen LogP) is 3.95. The van der Waals surface area contributed by atoms with Crippen molar-refractivity contribution in [2.45, 2.75) is 6.61 Å². The Labute approximate surface area is 180 Å². The van der Waals surface area contributed by atoms with Crippen LogP contribution in [0.5, 0.6) is 5.75 Å².